The molecule has 1 aromatic carbocycles. The Labute approximate surface area is 162 Å². The number of nitrogens with zero attached hydrogens (tertiary/aromatic N) is 4. The first-order valence-corrected chi connectivity index (χ1v) is 10.1. The van der Waals surface area contributed by atoms with Crippen LogP contribution in [0.3, 0.4) is 0 Å². The second-order valence-electron chi connectivity index (χ2n) is 6.77. The summed E-state index contributed by atoms with van der Waals surface area (Å²) in [7, 11) is 0. The van der Waals surface area contributed by atoms with Crippen molar-refractivity contribution in [1.29, 1.82) is 0 Å². The van der Waals surface area contributed by atoms with Gasteiger partial charge in [-0.3, -0.25) is 9.36 Å². The highest BCUT2D eigenvalue weighted by Gasteiger charge is 2.27. The van der Waals surface area contributed by atoms with Crippen LogP contribution in [0.2, 0.25) is 0 Å². The maximum atomic E-state index is 12.6. The van der Waals surface area contributed by atoms with Crippen LogP contribution in [0.5, 0.6) is 0 Å². The Morgan fingerprint density at radius 1 is 1.11 bits per heavy atom. The molecule has 1 N–H and O–H groups in total. The van der Waals surface area contributed by atoms with Gasteiger partial charge in [-0.05, 0) is 37.0 Å². The fraction of sp³-hybridized carbons (Fsp3) is 0.350. The number of benzene rings is 1. The Morgan fingerprint density at radius 3 is 2.70 bits per heavy atom. The van der Waals surface area contributed by atoms with Gasteiger partial charge in [-0.1, -0.05) is 41.7 Å². The van der Waals surface area contributed by atoms with E-state index in [0.29, 0.717) is 13.1 Å². The molecule has 1 amide bonds. The fourth-order valence-electron chi connectivity index (χ4n) is 3.39. The molecule has 1 aliphatic rings. The van der Waals surface area contributed by atoms with Gasteiger partial charge in [-0.25, -0.2) is 0 Å². The molecule has 27 heavy (non-hydrogen) atoms. The number of nitrogens with one attached hydrogen (secondary N) is 1. The smallest absolute Gasteiger partial charge is 0.224 e. The maximum absolute atomic E-state index is 12.6. The molecule has 4 rings (SSSR count). The first-order valence-electron chi connectivity index (χ1n) is 9.33. The number of anilines is 1. The number of rotatable bonds is 6. The van der Waals surface area contributed by atoms with Gasteiger partial charge < -0.3 is 10.2 Å². The number of hydrogen-bond donors (Lipinski definition) is 1. The average molecular weight is 382 g/mol. The van der Waals surface area contributed by atoms with Gasteiger partial charge in [0.25, 0.3) is 0 Å². The van der Waals surface area contributed by atoms with Gasteiger partial charge in [-0.15, -0.1) is 10.2 Å². The van der Waals surface area contributed by atoms with Crippen molar-refractivity contribution < 1.29 is 4.79 Å². The molecule has 140 valence electrons. The first kappa shape index (κ1) is 17.7. The van der Waals surface area contributed by atoms with E-state index in [4.69, 9.17) is 0 Å². The van der Waals surface area contributed by atoms with Crippen LogP contribution in [0.25, 0.3) is 5.13 Å². The number of aromatic nitrogens is 3. The zero-order valence-electron chi connectivity index (χ0n) is 15.1. The average Bonchev–Trinajstić information content (AvgIpc) is 3.40. The molecule has 3 heterocycles. The molecular weight excluding hydrogens is 358 g/mol. The summed E-state index contributed by atoms with van der Waals surface area (Å²) >= 11 is 1.56. The lowest BCUT2D eigenvalue weighted by atomic mass is 9.97. The normalized spacial score (nSPS) is 17.0. The van der Waals surface area contributed by atoms with E-state index in [1.54, 1.807) is 11.3 Å². The molecule has 2 aromatic heterocycles. The third-order valence-electron chi connectivity index (χ3n) is 4.85. The number of hydrogen-bond acceptors (Lipinski definition) is 5. The Morgan fingerprint density at radius 2 is 1.89 bits per heavy atom. The van der Waals surface area contributed by atoms with Crippen molar-refractivity contribution in [3.8, 4) is 5.13 Å². The summed E-state index contributed by atoms with van der Waals surface area (Å²) in [6.07, 6.45) is 6.71. The van der Waals surface area contributed by atoms with Crippen molar-refractivity contribution in [2.75, 3.05) is 24.5 Å². The van der Waals surface area contributed by atoms with Gasteiger partial charge in [-0.2, -0.15) is 0 Å². The van der Waals surface area contributed by atoms with E-state index >= 15 is 0 Å². The summed E-state index contributed by atoms with van der Waals surface area (Å²) in [5, 5.41) is 13.4. The summed E-state index contributed by atoms with van der Waals surface area (Å²) in [5.74, 6) is 0.152. The molecule has 3 aromatic rings. The molecule has 1 fully saturated rings. The van der Waals surface area contributed by atoms with Crippen LogP contribution < -0.4 is 10.2 Å². The number of piperidine rings is 1. The maximum Gasteiger partial charge on any atom is 0.224 e. The van der Waals surface area contributed by atoms with Gasteiger partial charge in [0.05, 0.1) is 5.92 Å². The van der Waals surface area contributed by atoms with Crippen LogP contribution in [-0.2, 0) is 11.2 Å². The minimum Gasteiger partial charge on any atom is -0.355 e. The van der Waals surface area contributed by atoms with E-state index in [9.17, 15) is 4.79 Å². The van der Waals surface area contributed by atoms with Crippen LogP contribution >= 0.6 is 11.3 Å². The lowest BCUT2D eigenvalue weighted by Gasteiger charge is -2.31. The summed E-state index contributed by atoms with van der Waals surface area (Å²) in [5.41, 5.74) is 1.24. The first-order chi connectivity index (χ1) is 13.3. The van der Waals surface area contributed by atoms with Crippen molar-refractivity contribution in [1.82, 2.24) is 20.1 Å². The molecule has 0 aliphatic carbocycles. The third kappa shape index (κ3) is 4.36. The number of carbonyl (C=O) groups excluding carboxylic acids is 1. The predicted molar refractivity (Wildman–Crippen MR) is 107 cm³/mol. The Kier molecular flexibility index (Phi) is 5.48. The number of amides is 1. The largest absolute Gasteiger partial charge is 0.355 e. The van der Waals surface area contributed by atoms with Crippen LogP contribution in [0.4, 0.5) is 5.13 Å². The topological polar surface area (TPSA) is 63.1 Å². The summed E-state index contributed by atoms with van der Waals surface area (Å²) in [6, 6.07) is 14.2. The van der Waals surface area contributed by atoms with Crippen molar-refractivity contribution in [3.63, 3.8) is 0 Å². The second kappa shape index (κ2) is 8.35. The number of carbonyl (C=O) groups is 1. The molecular formula is C20H23N5OS. The third-order valence-corrected chi connectivity index (χ3v) is 5.84. The van der Waals surface area contributed by atoms with Crippen molar-refractivity contribution in [2.24, 2.45) is 5.92 Å². The molecule has 6 nitrogen and oxygen atoms in total. The molecule has 7 heteroatoms. The summed E-state index contributed by atoms with van der Waals surface area (Å²) in [6.45, 7) is 2.31. The van der Waals surface area contributed by atoms with Gasteiger partial charge >= 0.3 is 0 Å². The SMILES string of the molecule is O=C(NCCc1ccccc1)C1CCCN(c2nnc(-n3cccc3)s2)C1. The van der Waals surface area contributed by atoms with Gasteiger partial charge in [0.1, 0.15) is 0 Å². The van der Waals surface area contributed by atoms with E-state index in [2.05, 4.69) is 32.5 Å². The molecule has 0 bridgehead atoms. The second-order valence-corrected chi connectivity index (χ2v) is 7.70. The molecule has 1 saturated heterocycles. The van der Waals surface area contributed by atoms with Crippen molar-refractivity contribution in [3.05, 3.63) is 60.4 Å². The quantitative estimate of drug-likeness (QED) is 0.713. The van der Waals surface area contributed by atoms with Crippen LogP contribution in [0.15, 0.2) is 54.9 Å². The lowest BCUT2D eigenvalue weighted by molar-refractivity contribution is -0.125. The van der Waals surface area contributed by atoms with E-state index < -0.39 is 0 Å². The van der Waals surface area contributed by atoms with Crippen molar-refractivity contribution >= 4 is 22.4 Å². The van der Waals surface area contributed by atoms with E-state index in [0.717, 1.165) is 36.1 Å². The minimum absolute atomic E-state index is 0.00783. The minimum atomic E-state index is 0.00783. The van der Waals surface area contributed by atoms with Crippen molar-refractivity contribution in [2.45, 2.75) is 19.3 Å². The Bertz CT molecular complexity index is 862. The molecule has 0 spiro atoms. The molecule has 0 radical (unpaired) electrons. The van der Waals surface area contributed by atoms with Crippen LogP contribution in [0.1, 0.15) is 18.4 Å². The van der Waals surface area contributed by atoms with Gasteiger partial charge in [0.15, 0.2) is 0 Å². The summed E-state index contributed by atoms with van der Waals surface area (Å²) < 4.78 is 1.96. The van der Waals surface area contributed by atoms with Gasteiger partial charge in [0, 0.05) is 32.0 Å². The summed E-state index contributed by atoms with van der Waals surface area (Å²) in [4.78, 5) is 14.8. The van der Waals surface area contributed by atoms with E-state index in [-0.39, 0.29) is 11.8 Å². The highest BCUT2D eigenvalue weighted by Crippen LogP contribution is 2.27. The molecule has 1 unspecified atom stereocenters. The lowest BCUT2D eigenvalue weighted by Crippen LogP contribution is -2.43. The standard InChI is InChI=1S/C20H23N5OS/c26-18(21-11-10-16-7-2-1-3-8-16)17-9-6-14-25(15-17)20-23-22-19(27-20)24-12-4-5-13-24/h1-5,7-8,12-13,17H,6,9-11,14-15H2,(H,21,26). The van der Waals surface area contributed by atoms with Crippen LogP contribution in [0, 0.1) is 5.92 Å². The zero-order valence-corrected chi connectivity index (χ0v) is 15.9. The van der Waals surface area contributed by atoms with Crippen LogP contribution in [-0.4, -0.2) is 40.3 Å². The Balaban J connectivity index is 1.32. The van der Waals surface area contributed by atoms with Gasteiger partial charge in [0.2, 0.25) is 16.2 Å². The highest BCUT2D eigenvalue weighted by atomic mass is 32.1. The molecule has 0 saturated carbocycles. The zero-order chi connectivity index (χ0) is 18.5. The molecule has 1 aliphatic heterocycles. The monoisotopic (exact) mass is 381 g/mol. The van der Waals surface area contributed by atoms with E-state index in [1.807, 2.05) is 47.3 Å². The Hall–Kier alpha value is -2.67. The fourth-order valence-corrected chi connectivity index (χ4v) is 4.23. The molecule has 1 atom stereocenters. The van der Waals surface area contributed by atoms with E-state index in [1.165, 1.54) is 5.56 Å². The predicted octanol–water partition coefficient (Wildman–Crippen LogP) is 2.90. The highest BCUT2D eigenvalue weighted by molar-refractivity contribution is 7.17.